The average molecular weight is 274 g/mol. The van der Waals surface area contributed by atoms with Gasteiger partial charge in [0, 0.05) is 6.54 Å². The van der Waals surface area contributed by atoms with Crippen LogP contribution in [0.25, 0.3) is 0 Å². The number of nitrogens with one attached hydrogen (secondary N) is 1. The first-order chi connectivity index (χ1) is 7.19. The molecule has 0 bridgehead atoms. The first kappa shape index (κ1) is 12.5. The summed E-state index contributed by atoms with van der Waals surface area (Å²) in [6, 6.07) is 5.58. The van der Waals surface area contributed by atoms with Crippen molar-refractivity contribution in [2.24, 2.45) is 0 Å². The van der Waals surface area contributed by atoms with Gasteiger partial charge in [-0.25, -0.2) is 0 Å². The van der Waals surface area contributed by atoms with Crippen LogP contribution in [0.15, 0.2) is 22.7 Å². The topological polar surface area (TPSA) is 41.5 Å². The molecule has 0 saturated carbocycles. The van der Waals surface area contributed by atoms with Crippen LogP contribution in [-0.2, 0) is 0 Å². The predicted molar refractivity (Wildman–Crippen MR) is 64.2 cm³/mol. The fraction of sp³-hybridized carbons (Fsp3) is 0.455. The van der Waals surface area contributed by atoms with Crippen molar-refractivity contribution in [3.63, 3.8) is 0 Å². The number of hydrogen-bond acceptors (Lipinski definition) is 3. The number of halogens is 1. The molecule has 1 aromatic carbocycles. The van der Waals surface area contributed by atoms with E-state index in [0.717, 1.165) is 22.3 Å². The molecule has 0 aliphatic heterocycles. The Morgan fingerprint density at radius 2 is 2.27 bits per heavy atom. The molecular formula is C11H16BrNO2. The van der Waals surface area contributed by atoms with Crippen molar-refractivity contribution in [2.75, 3.05) is 20.2 Å². The molecule has 0 saturated heterocycles. The van der Waals surface area contributed by atoms with E-state index in [0.29, 0.717) is 6.54 Å². The van der Waals surface area contributed by atoms with E-state index in [2.05, 4.69) is 21.2 Å². The maximum Gasteiger partial charge on any atom is 0.133 e. The number of likely N-dealkylation sites (N-methyl/N-ethyl adjacent to an activating group) is 1. The lowest BCUT2D eigenvalue weighted by Gasteiger charge is -2.12. The summed E-state index contributed by atoms with van der Waals surface area (Å²) in [6.45, 7) is 3.43. The zero-order chi connectivity index (χ0) is 11.3. The van der Waals surface area contributed by atoms with Gasteiger partial charge in [0.2, 0.25) is 0 Å². The van der Waals surface area contributed by atoms with Crippen LogP contribution in [0.3, 0.4) is 0 Å². The van der Waals surface area contributed by atoms with Crippen LogP contribution in [0, 0.1) is 0 Å². The third-order valence-corrected chi connectivity index (χ3v) is 2.77. The molecule has 0 aromatic heterocycles. The lowest BCUT2D eigenvalue weighted by Crippen LogP contribution is -2.20. The molecule has 4 heteroatoms. The first-order valence-corrected chi connectivity index (χ1v) is 5.70. The van der Waals surface area contributed by atoms with Gasteiger partial charge in [-0.15, -0.1) is 0 Å². The van der Waals surface area contributed by atoms with E-state index >= 15 is 0 Å². The normalized spacial score (nSPS) is 12.5. The van der Waals surface area contributed by atoms with Gasteiger partial charge >= 0.3 is 0 Å². The fourth-order valence-electron chi connectivity index (χ4n) is 1.29. The Morgan fingerprint density at radius 3 is 2.80 bits per heavy atom. The van der Waals surface area contributed by atoms with Crippen LogP contribution in [-0.4, -0.2) is 25.3 Å². The largest absolute Gasteiger partial charge is 0.496 e. The molecule has 0 radical (unpaired) electrons. The number of aliphatic hydroxyl groups excluding tert-OH is 1. The Hall–Kier alpha value is -0.580. The average Bonchev–Trinajstić information content (AvgIpc) is 2.25. The van der Waals surface area contributed by atoms with Gasteiger partial charge in [0.1, 0.15) is 5.75 Å². The van der Waals surface area contributed by atoms with Crippen LogP contribution < -0.4 is 10.1 Å². The van der Waals surface area contributed by atoms with Crippen molar-refractivity contribution in [3.05, 3.63) is 28.2 Å². The number of methoxy groups -OCH3 is 1. The fourth-order valence-corrected chi connectivity index (χ4v) is 1.85. The van der Waals surface area contributed by atoms with Crippen molar-refractivity contribution in [1.29, 1.82) is 0 Å². The summed E-state index contributed by atoms with van der Waals surface area (Å²) < 4.78 is 5.98. The van der Waals surface area contributed by atoms with Crippen LogP contribution in [0.4, 0.5) is 0 Å². The van der Waals surface area contributed by atoms with E-state index in [1.807, 2.05) is 25.1 Å². The summed E-state index contributed by atoms with van der Waals surface area (Å²) in [7, 11) is 1.62. The minimum Gasteiger partial charge on any atom is -0.496 e. The Labute approximate surface area is 98.6 Å². The summed E-state index contributed by atoms with van der Waals surface area (Å²) in [4.78, 5) is 0. The minimum absolute atomic E-state index is 0.479. The Balaban J connectivity index is 2.73. The van der Waals surface area contributed by atoms with E-state index in [1.54, 1.807) is 7.11 Å². The van der Waals surface area contributed by atoms with Crippen molar-refractivity contribution < 1.29 is 9.84 Å². The lowest BCUT2D eigenvalue weighted by atomic mass is 10.1. The van der Waals surface area contributed by atoms with Crippen LogP contribution in [0.2, 0.25) is 0 Å². The van der Waals surface area contributed by atoms with Gasteiger partial charge in [0.15, 0.2) is 0 Å². The van der Waals surface area contributed by atoms with Crippen LogP contribution in [0.5, 0.6) is 5.75 Å². The molecule has 1 rings (SSSR count). The molecule has 15 heavy (non-hydrogen) atoms. The molecule has 0 amide bonds. The SMILES string of the molecule is CCNCC(O)c1ccc(OC)c(Br)c1. The monoisotopic (exact) mass is 273 g/mol. The second kappa shape index (κ2) is 6.10. The summed E-state index contributed by atoms with van der Waals surface area (Å²) in [5.41, 5.74) is 0.878. The number of ether oxygens (including phenoxy) is 1. The van der Waals surface area contributed by atoms with E-state index in [-0.39, 0.29) is 0 Å². The third-order valence-electron chi connectivity index (χ3n) is 2.15. The molecular weight excluding hydrogens is 258 g/mol. The molecule has 3 nitrogen and oxygen atoms in total. The first-order valence-electron chi connectivity index (χ1n) is 4.91. The molecule has 1 atom stereocenters. The summed E-state index contributed by atoms with van der Waals surface area (Å²) in [6.07, 6.45) is -0.479. The number of hydrogen-bond donors (Lipinski definition) is 2. The highest BCUT2D eigenvalue weighted by Crippen LogP contribution is 2.27. The van der Waals surface area contributed by atoms with Gasteiger partial charge in [-0.3, -0.25) is 0 Å². The predicted octanol–water partition coefficient (Wildman–Crippen LogP) is 2.10. The molecule has 0 fully saturated rings. The van der Waals surface area contributed by atoms with E-state index in [9.17, 15) is 5.11 Å². The highest BCUT2D eigenvalue weighted by atomic mass is 79.9. The van der Waals surface area contributed by atoms with Crippen molar-refractivity contribution in [2.45, 2.75) is 13.0 Å². The molecule has 0 aliphatic rings. The zero-order valence-corrected chi connectivity index (χ0v) is 10.5. The van der Waals surface area contributed by atoms with Gasteiger partial charge in [0.05, 0.1) is 17.7 Å². The van der Waals surface area contributed by atoms with Crippen LogP contribution in [0.1, 0.15) is 18.6 Å². The summed E-state index contributed by atoms with van der Waals surface area (Å²) in [5.74, 6) is 0.773. The van der Waals surface area contributed by atoms with E-state index in [4.69, 9.17) is 4.74 Å². The van der Waals surface area contributed by atoms with E-state index < -0.39 is 6.10 Å². The molecule has 0 heterocycles. The molecule has 0 spiro atoms. The highest BCUT2D eigenvalue weighted by Gasteiger charge is 2.09. The minimum atomic E-state index is -0.479. The maximum absolute atomic E-state index is 9.82. The lowest BCUT2D eigenvalue weighted by molar-refractivity contribution is 0.175. The molecule has 2 N–H and O–H groups in total. The van der Waals surface area contributed by atoms with Gasteiger partial charge < -0.3 is 15.2 Å². The van der Waals surface area contributed by atoms with Gasteiger partial charge in [-0.2, -0.15) is 0 Å². The molecule has 1 unspecified atom stereocenters. The zero-order valence-electron chi connectivity index (χ0n) is 8.96. The highest BCUT2D eigenvalue weighted by molar-refractivity contribution is 9.10. The van der Waals surface area contributed by atoms with Gasteiger partial charge in [-0.1, -0.05) is 13.0 Å². The van der Waals surface area contributed by atoms with Crippen molar-refractivity contribution >= 4 is 15.9 Å². The van der Waals surface area contributed by atoms with E-state index in [1.165, 1.54) is 0 Å². The molecule has 84 valence electrons. The Morgan fingerprint density at radius 1 is 1.53 bits per heavy atom. The van der Waals surface area contributed by atoms with Crippen molar-refractivity contribution in [3.8, 4) is 5.75 Å². The maximum atomic E-state index is 9.82. The molecule has 0 aliphatic carbocycles. The van der Waals surface area contributed by atoms with Gasteiger partial charge in [0.25, 0.3) is 0 Å². The quantitative estimate of drug-likeness (QED) is 0.864. The second-order valence-corrected chi connectivity index (χ2v) is 4.07. The summed E-state index contributed by atoms with van der Waals surface area (Å²) >= 11 is 3.39. The Bertz CT molecular complexity index is 317. The Kier molecular flexibility index (Phi) is 5.08. The third kappa shape index (κ3) is 3.48. The standard InChI is InChI=1S/C11H16BrNO2/c1-3-13-7-10(14)8-4-5-11(15-2)9(12)6-8/h4-6,10,13-14H,3,7H2,1-2H3. The second-order valence-electron chi connectivity index (χ2n) is 3.22. The molecule has 1 aromatic rings. The smallest absolute Gasteiger partial charge is 0.133 e. The number of aliphatic hydroxyl groups is 1. The van der Waals surface area contributed by atoms with Crippen LogP contribution >= 0.6 is 15.9 Å². The number of benzene rings is 1. The summed E-state index contributed by atoms with van der Waals surface area (Å²) in [5, 5.41) is 12.9. The number of rotatable bonds is 5. The van der Waals surface area contributed by atoms with Crippen molar-refractivity contribution in [1.82, 2.24) is 5.32 Å². The van der Waals surface area contributed by atoms with Gasteiger partial charge in [-0.05, 0) is 40.2 Å².